The quantitative estimate of drug-likeness (QED) is 0.830. The number of carbonyl (C=O) groups is 1. The fourth-order valence-electron chi connectivity index (χ4n) is 3.26. The number of fused-ring (bicyclic) bond motifs is 1. The molecule has 1 saturated heterocycles. The van der Waals surface area contributed by atoms with E-state index in [-0.39, 0.29) is 6.09 Å². The predicted molar refractivity (Wildman–Crippen MR) is 105 cm³/mol. The number of nitrogen functional groups attached to an aromatic ring is 1. The molecule has 9 heteroatoms. The van der Waals surface area contributed by atoms with Gasteiger partial charge in [0.2, 0.25) is 5.95 Å². The van der Waals surface area contributed by atoms with Gasteiger partial charge in [0, 0.05) is 37.6 Å². The summed E-state index contributed by atoms with van der Waals surface area (Å²) in [7, 11) is 3.15. The topological polar surface area (TPSA) is 103 Å². The third kappa shape index (κ3) is 3.69. The van der Waals surface area contributed by atoms with Crippen molar-refractivity contribution in [3.8, 4) is 11.5 Å². The number of ether oxygens (including phenoxy) is 3. The molecule has 4 rings (SSSR count). The van der Waals surface area contributed by atoms with E-state index >= 15 is 0 Å². The minimum atomic E-state index is -0.234. The van der Waals surface area contributed by atoms with Crippen LogP contribution in [0.5, 0.6) is 11.5 Å². The Hall–Kier alpha value is -2.97. The molecule has 2 aromatic rings. The van der Waals surface area contributed by atoms with Crippen LogP contribution in [-0.4, -0.2) is 68.0 Å². The van der Waals surface area contributed by atoms with Crippen molar-refractivity contribution in [3.05, 3.63) is 12.1 Å². The number of anilines is 2. The Morgan fingerprint density at radius 2 is 1.79 bits per heavy atom. The van der Waals surface area contributed by atoms with E-state index in [1.807, 2.05) is 4.90 Å². The van der Waals surface area contributed by atoms with Crippen molar-refractivity contribution < 1.29 is 19.0 Å². The number of methoxy groups -OCH3 is 2. The predicted octanol–water partition coefficient (Wildman–Crippen LogP) is 1.90. The van der Waals surface area contributed by atoms with Gasteiger partial charge in [-0.2, -0.15) is 4.98 Å². The van der Waals surface area contributed by atoms with Crippen molar-refractivity contribution in [2.45, 2.75) is 12.8 Å². The van der Waals surface area contributed by atoms with E-state index in [2.05, 4.69) is 9.97 Å². The zero-order chi connectivity index (χ0) is 19.7. The van der Waals surface area contributed by atoms with Crippen LogP contribution in [-0.2, 0) is 4.74 Å². The zero-order valence-corrected chi connectivity index (χ0v) is 16.2. The summed E-state index contributed by atoms with van der Waals surface area (Å²) >= 11 is 0. The smallest absolute Gasteiger partial charge is 0.409 e. The monoisotopic (exact) mass is 387 g/mol. The summed E-state index contributed by atoms with van der Waals surface area (Å²) in [6.45, 7) is 2.91. The van der Waals surface area contributed by atoms with Gasteiger partial charge in [-0.25, -0.2) is 9.78 Å². The number of nitrogens with two attached hydrogens (primary N) is 1. The number of piperazine rings is 1. The number of benzene rings is 1. The SMILES string of the molecule is COc1cc2nc(N3CCN(C(=O)OCC4CC4)CC3)nc(N)c2cc1OC. The van der Waals surface area contributed by atoms with Gasteiger partial charge in [-0.3, -0.25) is 0 Å². The molecule has 1 aromatic carbocycles. The Kier molecular flexibility index (Phi) is 4.97. The van der Waals surface area contributed by atoms with Gasteiger partial charge in [0.05, 0.1) is 26.3 Å². The Morgan fingerprint density at radius 3 is 2.43 bits per heavy atom. The second kappa shape index (κ2) is 7.57. The highest BCUT2D eigenvalue weighted by molar-refractivity contribution is 5.91. The molecule has 0 atom stereocenters. The second-order valence-electron chi connectivity index (χ2n) is 7.13. The van der Waals surface area contributed by atoms with Crippen LogP contribution in [0.3, 0.4) is 0 Å². The van der Waals surface area contributed by atoms with Crippen LogP contribution in [0, 0.1) is 5.92 Å². The van der Waals surface area contributed by atoms with Crippen LogP contribution < -0.4 is 20.1 Å². The van der Waals surface area contributed by atoms with Crippen molar-refractivity contribution >= 4 is 28.8 Å². The first kappa shape index (κ1) is 18.4. The number of amides is 1. The number of hydrogen-bond donors (Lipinski definition) is 1. The Balaban J connectivity index is 1.47. The van der Waals surface area contributed by atoms with E-state index in [0.29, 0.717) is 72.9 Å². The maximum atomic E-state index is 12.1. The van der Waals surface area contributed by atoms with E-state index in [0.717, 1.165) is 0 Å². The highest BCUT2D eigenvalue weighted by Gasteiger charge is 2.27. The Bertz CT molecular complexity index is 878. The summed E-state index contributed by atoms with van der Waals surface area (Å²) in [5.41, 5.74) is 6.86. The normalized spacial score (nSPS) is 16.9. The summed E-state index contributed by atoms with van der Waals surface area (Å²) in [6.07, 6.45) is 2.10. The molecule has 28 heavy (non-hydrogen) atoms. The molecule has 1 aromatic heterocycles. The standard InChI is InChI=1S/C19H25N5O4/c1-26-15-9-13-14(10-16(15)27-2)21-18(22-17(13)20)23-5-7-24(8-6-23)19(25)28-11-12-3-4-12/h9-10,12H,3-8,11H2,1-2H3,(H2,20,21,22). The molecule has 1 saturated carbocycles. The summed E-state index contributed by atoms with van der Waals surface area (Å²) in [5.74, 6) is 2.66. The van der Waals surface area contributed by atoms with E-state index < -0.39 is 0 Å². The summed E-state index contributed by atoms with van der Waals surface area (Å²) in [5, 5.41) is 0.712. The molecule has 2 heterocycles. The maximum absolute atomic E-state index is 12.1. The lowest BCUT2D eigenvalue weighted by molar-refractivity contribution is 0.0960. The first-order valence-electron chi connectivity index (χ1n) is 9.45. The summed E-state index contributed by atoms with van der Waals surface area (Å²) in [4.78, 5) is 25.0. The molecule has 1 aliphatic heterocycles. The maximum Gasteiger partial charge on any atom is 0.409 e. The Labute approximate surface area is 163 Å². The fraction of sp³-hybridized carbons (Fsp3) is 0.526. The number of nitrogens with zero attached hydrogens (tertiary/aromatic N) is 4. The van der Waals surface area contributed by atoms with E-state index in [4.69, 9.17) is 19.9 Å². The number of hydrogen-bond acceptors (Lipinski definition) is 8. The lowest BCUT2D eigenvalue weighted by atomic mass is 10.2. The highest BCUT2D eigenvalue weighted by atomic mass is 16.6. The van der Waals surface area contributed by atoms with Crippen molar-refractivity contribution in [1.29, 1.82) is 0 Å². The molecule has 0 radical (unpaired) electrons. The van der Waals surface area contributed by atoms with E-state index in [1.165, 1.54) is 12.8 Å². The van der Waals surface area contributed by atoms with Crippen LogP contribution >= 0.6 is 0 Å². The fourth-order valence-corrected chi connectivity index (χ4v) is 3.26. The average molecular weight is 387 g/mol. The zero-order valence-electron chi connectivity index (χ0n) is 16.2. The van der Waals surface area contributed by atoms with Gasteiger partial charge in [0.1, 0.15) is 5.82 Å². The molecule has 1 amide bonds. The molecule has 2 N–H and O–H groups in total. The number of carbonyl (C=O) groups excluding carboxylic acids is 1. The van der Waals surface area contributed by atoms with Crippen molar-refractivity contribution in [2.75, 3.05) is 57.6 Å². The summed E-state index contributed by atoms with van der Waals surface area (Å²) in [6, 6.07) is 3.57. The first-order chi connectivity index (χ1) is 13.6. The lowest BCUT2D eigenvalue weighted by Crippen LogP contribution is -2.49. The van der Waals surface area contributed by atoms with Gasteiger partial charge < -0.3 is 29.7 Å². The molecule has 9 nitrogen and oxygen atoms in total. The Morgan fingerprint density at radius 1 is 1.11 bits per heavy atom. The van der Waals surface area contributed by atoms with Crippen LogP contribution in [0.4, 0.5) is 16.6 Å². The molecule has 0 spiro atoms. The van der Waals surface area contributed by atoms with Crippen molar-refractivity contribution in [1.82, 2.24) is 14.9 Å². The highest BCUT2D eigenvalue weighted by Crippen LogP contribution is 2.34. The van der Waals surface area contributed by atoms with Gasteiger partial charge in [-0.15, -0.1) is 0 Å². The number of aromatic nitrogens is 2. The van der Waals surface area contributed by atoms with E-state index in [9.17, 15) is 4.79 Å². The van der Waals surface area contributed by atoms with Gasteiger partial charge in [-0.1, -0.05) is 0 Å². The molecular weight excluding hydrogens is 362 g/mol. The molecule has 2 aliphatic rings. The van der Waals surface area contributed by atoms with Crippen molar-refractivity contribution in [3.63, 3.8) is 0 Å². The largest absolute Gasteiger partial charge is 0.493 e. The third-order valence-electron chi connectivity index (χ3n) is 5.18. The van der Waals surface area contributed by atoms with Gasteiger partial charge in [0.25, 0.3) is 0 Å². The third-order valence-corrected chi connectivity index (χ3v) is 5.18. The van der Waals surface area contributed by atoms with E-state index in [1.54, 1.807) is 31.3 Å². The van der Waals surface area contributed by atoms with Crippen molar-refractivity contribution in [2.24, 2.45) is 5.92 Å². The molecule has 2 fully saturated rings. The van der Waals surface area contributed by atoms with Crippen LogP contribution in [0.15, 0.2) is 12.1 Å². The minimum absolute atomic E-state index is 0.234. The summed E-state index contributed by atoms with van der Waals surface area (Å²) < 4.78 is 16.0. The van der Waals surface area contributed by atoms with Crippen LogP contribution in [0.2, 0.25) is 0 Å². The first-order valence-corrected chi connectivity index (χ1v) is 9.45. The molecule has 1 aliphatic carbocycles. The molecule has 0 unspecified atom stereocenters. The molecule has 150 valence electrons. The molecule has 0 bridgehead atoms. The average Bonchev–Trinajstić information content (AvgIpc) is 3.55. The number of rotatable bonds is 5. The van der Waals surface area contributed by atoms with Gasteiger partial charge >= 0.3 is 6.09 Å². The van der Waals surface area contributed by atoms with Crippen LogP contribution in [0.25, 0.3) is 10.9 Å². The van der Waals surface area contributed by atoms with Gasteiger partial charge in [0.15, 0.2) is 11.5 Å². The molecular formula is C19H25N5O4. The lowest BCUT2D eigenvalue weighted by Gasteiger charge is -2.34. The van der Waals surface area contributed by atoms with Crippen LogP contribution in [0.1, 0.15) is 12.8 Å². The second-order valence-corrected chi connectivity index (χ2v) is 7.13. The van der Waals surface area contributed by atoms with Gasteiger partial charge in [-0.05, 0) is 24.8 Å². The minimum Gasteiger partial charge on any atom is -0.493 e.